The van der Waals surface area contributed by atoms with Crippen molar-refractivity contribution in [2.24, 2.45) is 0 Å². The van der Waals surface area contributed by atoms with Gasteiger partial charge < -0.3 is 10.6 Å². The Bertz CT molecular complexity index is 245. The molecule has 0 bridgehead atoms. The maximum atomic E-state index is 5.51. The Labute approximate surface area is 72.4 Å². The molecule has 0 unspecified atom stereocenters. The van der Waals surface area contributed by atoms with E-state index in [9.17, 15) is 0 Å². The highest BCUT2D eigenvalue weighted by Gasteiger charge is 2.02. The lowest BCUT2D eigenvalue weighted by Crippen LogP contribution is -2.23. The fraction of sp³-hybridized carbons (Fsp3) is 0.500. The Morgan fingerprint density at radius 3 is 2.50 bits per heavy atom. The Morgan fingerprint density at radius 1 is 1.33 bits per heavy atom. The molecule has 0 amide bonds. The van der Waals surface area contributed by atoms with Crippen molar-refractivity contribution >= 4 is 11.6 Å². The normalized spacial score (nSPS) is 9.83. The topological polar surface area (TPSA) is 55.0 Å². The minimum atomic E-state index is 0.472. The molecule has 1 heterocycles. The van der Waals surface area contributed by atoms with Crippen LogP contribution in [0.2, 0.25) is 0 Å². The van der Waals surface area contributed by atoms with Crippen LogP contribution in [-0.2, 0) is 0 Å². The van der Waals surface area contributed by atoms with Crippen molar-refractivity contribution in [1.82, 2.24) is 9.97 Å². The third-order valence-corrected chi connectivity index (χ3v) is 1.73. The molecule has 1 aromatic rings. The average molecular weight is 166 g/mol. The summed E-state index contributed by atoms with van der Waals surface area (Å²) in [6, 6.07) is 0. The van der Waals surface area contributed by atoms with E-state index in [4.69, 9.17) is 5.73 Å². The largest absolute Gasteiger partial charge is 0.382 e. The first-order valence-corrected chi connectivity index (χ1v) is 4.10. The maximum Gasteiger partial charge on any atom is 0.149 e. The van der Waals surface area contributed by atoms with Crippen LogP contribution in [0.4, 0.5) is 11.6 Å². The zero-order valence-corrected chi connectivity index (χ0v) is 7.49. The number of aromatic nitrogens is 2. The summed E-state index contributed by atoms with van der Waals surface area (Å²) in [5, 5.41) is 0. The number of nitrogens with two attached hydrogens (primary N) is 1. The molecular weight excluding hydrogens is 152 g/mol. The number of nitrogens with zero attached hydrogens (tertiary/aromatic N) is 3. The van der Waals surface area contributed by atoms with Crippen LogP contribution in [0.3, 0.4) is 0 Å². The molecule has 0 fully saturated rings. The van der Waals surface area contributed by atoms with Crippen LogP contribution in [0, 0.1) is 0 Å². The molecule has 0 aliphatic heterocycles. The molecule has 0 aliphatic carbocycles. The van der Waals surface area contributed by atoms with E-state index in [1.807, 2.05) is 0 Å². The molecule has 0 atom stereocenters. The van der Waals surface area contributed by atoms with Gasteiger partial charge in [-0.25, -0.2) is 4.98 Å². The van der Waals surface area contributed by atoms with E-state index in [2.05, 4.69) is 28.7 Å². The molecule has 1 rings (SSSR count). The summed E-state index contributed by atoms with van der Waals surface area (Å²) in [7, 11) is 0. The second-order valence-corrected chi connectivity index (χ2v) is 2.47. The van der Waals surface area contributed by atoms with E-state index in [0.717, 1.165) is 18.9 Å². The lowest BCUT2D eigenvalue weighted by Gasteiger charge is -2.18. The molecule has 12 heavy (non-hydrogen) atoms. The number of anilines is 2. The fourth-order valence-corrected chi connectivity index (χ4v) is 1.07. The van der Waals surface area contributed by atoms with E-state index < -0.39 is 0 Å². The summed E-state index contributed by atoms with van der Waals surface area (Å²) >= 11 is 0. The predicted octanol–water partition coefficient (Wildman–Crippen LogP) is 0.905. The Kier molecular flexibility index (Phi) is 2.85. The summed E-state index contributed by atoms with van der Waals surface area (Å²) in [6.07, 6.45) is 3.27. The molecule has 66 valence electrons. The third kappa shape index (κ3) is 1.84. The van der Waals surface area contributed by atoms with Gasteiger partial charge in [-0.1, -0.05) is 0 Å². The van der Waals surface area contributed by atoms with Gasteiger partial charge in [-0.2, -0.15) is 0 Å². The fourth-order valence-electron chi connectivity index (χ4n) is 1.07. The second kappa shape index (κ2) is 3.90. The zero-order chi connectivity index (χ0) is 8.97. The lowest BCUT2D eigenvalue weighted by atomic mass is 10.5. The summed E-state index contributed by atoms with van der Waals surface area (Å²) < 4.78 is 0. The van der Waals surface area contributed by atoms with Gasteiger partial charge in [-0.15, -0.1) is 0 Å². The average Bonchev–Trinajstić information content (AvgIpc) is 2.07. The standard InChI is InChI=1S/C8H14N4/c1-3-12(4-2)8-6-10-5-7(9)11-8/h5-6H,3-4H2,1-2H3,(H2,9,11). The molecule has 0 saturated heterocycles. The van der Waals surface area contributed by atoms with Gasteiger partial charge in [0.15, 0.2) is 0 Å². The number of nitrogen functional groups attached to an aromatic ring is 1. The van der Waals surface area contributed by atoms with E-state index in [0.29, 0.717) is 5.82 Å². The first-order valence-electron chi connectivity index (χ1n) is 4.10. The molecule has 0 radical (unpaired) electrons. The number of rotatable bonds is 3. The van der Waals surface area contributed by atoms with Crippen molar-refractivity contribution in [1.29, 1.82) is 0 Å². The first kappa shape index (κ1) is 8.77. The van der Waals surface area contributed by atoms with Gasteiger partial charge >= 0.3 is 0 Å². The Hall–Kier alpha value is -1.32. The summed E-state index contributed by atoms with van der Waals surface area (Å²) in [5.74, 6) is 1.32. The minimum Gasteiger partial charge on any atom is -0.382 e. The van der Waals surface area contributed by atoms with Gasteiger partial charge in [0.05, 0.1) is 12.4 Å². The Morgan fingerprint density at radius 2 is 2.00 bits per heavy atom. The minimum absolute atomic E-state index is 0.472. The molecule has 1 aromatic heterocycles. The van der Waals surface area contributed by atoms with Gasteiger partial charge in [0.2, 0.25) is 0 Å². The van der Waals surface area contributed by atoms with Crippen LogP contribution in [0.25, 0.3) is 0 Å². The van der Waals surface area contributed by atoms with Gasteiger partial charge in [-0.05, 0) is 13.8 Å². The molecule has 4 heteroatoms. The lowest BCUT2D eigenvalue weighted by molar-refractivity contribution is 0.842. The molecule has 0 aromatic carbocycles. The molecule has 0 saturated carbocycles. The van der Waals surface area contributed by atoms with Crippen molar-refractivity contribution in [2.45, 2.75) is 13.8 Å². The van der Waals surface area contributed by atoms with Gasteiger partial charge in [0.25, 0.3) is 0 Å². The van der Waals surface area contributed by atoms with Crippen LogP contribution >= 0.6 is 0 Å². The van der Waals surface area contributed by atoms with Crippen molar-refractivity contribution in [3.8, 4) is 0 Å². The number of hydrogen-bond acceptors (Lipinski definition) is 4. The SMILES string of the molecule is CCN(CC)c1cncc(N)n1. The highest BCUT2D eigenvalue weighted by atomic mass is 15.2. The van der Waals surface area contributed by atoms with Crippen molar-refractivity contribution in [3.05, 3.63) is 12.4 Å². The van der Waals surface area contributed by atoms with E-state index in [-0.39, 0.29) is 0 Å². The van der Waals surface area contributed by atoms with E-state index in [1.54, 1.807) is 12.4 Å². The second-order valence-electron chi connectivity index (χ2n) is 2.47. The quantitative estimate of drug-likeness (QED) is 0.725. The van der Waals surface area contributed by atoms with Crippen molar-refractivity contribution < 1.29 is 0 Å². The highest BCUT2D eigenvalue weighted by molar-refractivity contribution is 5.40. The van der Waals surface area contributed by atoms with Crippen LogP contribution < -0.4 is 10.6 Å². The molecule has 2 N–H and O–H groups in total. The monoisotopic (exact) mass is 166 g/mol. The summed E-state index contributed by atoms with van der Waals surface area (Å²) in [5.41, 5.74) is 5.51. The summed E-state index contributed by atoms with van der Waals surface area (Å²) in [6.45, 7) is 6.01. The highest BCUT2D eigenvalue weighted by Crippen LogP contribution is 2.08. The Balaban J connectivity index is 2.85. The van der Waals surface area contributed by atoms with E-state index in [1.165, 1.54) is 0 Å². The third-order valence-electron chi connectivity index (χ3n) is 1.73. The molecular formula is C8H14N4. The maximum absolute atomic E-state index is 5.51. The summed E-state index contributed by atoms with van der Waals surface area (Å²) in [4.78, 5) is 10.2. The van der Waals surface area contributed by atoms with Crippen LogP contribution in [0.1, 0.15) is 13.8 Å². The van der Waals surface area contributed by atoms with Crippen LogP contribution in [0.15, 0.2) is 12.4 Å². The van der Waals surface area contributed by atoms with Crippen molar-refractivity contribution in [2.75, 3.05) is 23.7 Å². The van der Waals surface area contributed by atoms with Crippen LogP contribution in [0.5, 0.6) is 0 Å². The number of hydrogen-bond donors (Lipinski definition) is 1. The van der Waals surface area contributed by atoms with Crippen LogP contribution in [-0.4, -0.2) is 23.1 Å². The molecule has 0 spiro atoms. The zero-order valence-electron chi connectivity index (χ0n) is 7.49. The van der Waals surface area contributed by atoms with Gasteiger partial charge in [0, 0.05) is 13.1 Å². The van der Waals surface area contributed by atoms with Crippen molar-refractivity contribution in [3.63, 3.8) is 0 Å². The first-order chi connectivity index (χ1) is 5.77. The molecule has 0 aliphatic rings. The predicted molar refractivity (Wildman–Crippen MR) is 50.0 cm³/mol. The smallest absolute Gasteiger partial charge is 0.149 e. The molecule has 4 nitrogen and oxygen atoms in total. The van der Waals surface area contributed by atoms with E-state index >= 15 is 0 Å². The van der Waals surface area contributed by atoms with Gasteiger partial charge in [-0.3, -0.25) is 4.98 Å². The van der Waals surface area contributed by atoms with Gasteiger partial charge in [0.1, 0.15) is 11.6 Å².